The monoisotopic (exact) mass is 447 g/mol. The molecule has 1 aromatic heterocycles. The second kappa shape index (κ2) is 8.81. The molecule has 2 aliphatic rings. The number of amides is 2. The van der Waals surface area contributed by atoms with E-state index >= 15 is 0 Å². The quantitative estimate of drug-likeness (QED) is 0.615. The van der Waals surface area contributed by atoms with E-state index in [0.717, 1.165) is 30.2 Å². The van der Waals surface area contributed by atoms with Gasteiger partial charge in [-0.05, 0) is 55.9 Å². The summed E-state index contributed by atoms with van der Waals surface area (Å²) in [6.45, 7) is 5.56. The Kier molecular flexibility index (Phi) is 5.70. The van der Waals surface area contributed by atoms with Gasteiger partial charge >= 0.3 is 0 Å². The van der Waals surface area contributed by atoms with E-state index in [9.17, 15) is 9.59 Å². The van der Waals surface area contributed by atoms with E-state index in [1.165, 1.54) is 11.3 Å². The Labute approximate surface area is 193 Å². The average molecular weight is 448 g/mol. The molecule has 1 aliphatic carbocycles. The fourth-order valence-corrected chi connectivity index (χ4v) is 4.79. The lowest BCUT2D eigenvalue weighted by molar-refractivity contribution is -0.116. The Balaban J connectivity index is 1.33. The lowest BCUT2D eigenvalue weighted by Crippen LogP contribution is -2.38. The number of H-pyrrole nitrogens is 1. The molecule has 33 heavy (non-hydrogen) atoms. The number of nitrogens with one attached hydrogen (secondary N) is 2. The molecule has 0 saturated carbocycles. The minimum absolute atomic E-state index is 0.0301. The standard InChI is InChI=1S/C26H29N3O4/c1-3-29(15-24(30)27-17-8-10-22-23(14-17)33-12-11-32-22)26(31)19-6-4-5-18-20-13-16(2)7-9-21(20)28-25(18)19/h4-6,8,10,14,16,28H,3,7,9,11-13,15H2,1-2H3,(H,27,30). The van der Waals surface area contributed by atoms with Crippen LogP contribution in [0, 0.1) is 5.92 Å². The van der Waals surface area contributed by atoms with Crippen molar-refractivity contribution in [3.05, 3.63) is 53.2 Å². The number of ether oxygens (including phenoxy) is 2. The third-order valence-corrected chi connectivity index (χ3v) is 6.53. The summed E-state index contributed by atoms with van der Waals surface area (Å²) >= 11 is 0. The third kappa shape index (κ3) is 4.15. The van der Waals surface area contributed by atoms with Gasteiger partial charge in [0.05, 0.1) is 11.1 Å². The van der Waals surface area contributed by atoms with Gasteiger partial charge in [-0.25, -0.2) is 0 Å². The van der Waals surface area contributed by atoms with Crippen LogP contribution in [0.3, 0.4) is 0 Å². The largest absolute Gasteiger partial charge is 0.486 e. The molecule has 1 aliphatic heterocycles. The number of rotatable bonds is 5. The molecule has 1 unspecified atom stereocenters. The Hall–Kier alpha value is -3.48. The topological polar surface area (TPSA) is 83.7 Å². The summed E-state index contributed by atoms with van der Waals surface area (Å²) in [6.07, 6.45) is 3.20. The van der Waals surface area contributed by atoms with E-state index in [-0.39, 0.29) is 18.4 Å². The Morgan fingerprint density at radius 3 is 2.79 bits per heavy atom. The van der Waals surface area contributed by atoms with Crippen molar-refractivity contribution in [1.82, 2.24) is 9.88 Å². The van der Waals surface area contributed by atoms with Crippen LogP contribution < -0.4 is 14.8 Å². The summed E-state index contributed by atoms with van der Waals surface area (Å²) in [6, 6.07) is 11.2. The first-order valence-corrected chi connectivity index (χ1v) is 11.6. The highest BCUT2D eigenvalue weighted by Crippen LogP contribution is 2.34. The van der Waals surface area contributed by atoms with Gasteiger partial charge in [0, 0.05) is 29.4 Å². The SMILES string of the molecule is CCN(CC(=O)Nc1ccc2c(c1)OCCO2)C(=O)c1cccc2c3c([nH]c12)CCC(C)C3. The molecule has 0 spiro atoms. The molecule has 0 fully saturated rings. The molecule has 5 rings (SSSR count). The number of benzene rings is 2. The zero-order valence-corrected chi connectivity index (χ0v) is 19.1. The van der Waals surface area contributed by atoms with Gasteiger partial charge in [-0.15, -0.1) is 0 Å². The summed E-state index contributed by atoms with van der Waals surface area (Å²) in [4.78, 5) is 31.3. The number of nitrogens with zero attached hydrogens (tertiary/aromatic N) is 1. The first kappa shape index (κ1) is 21.4. The summed E-state index contributed by atoms with van der Waals surface area (Å²) in [7, 11) is 0. The number of aromatic nitrogens is 1. The molecule has 0 saturated heterocycles. The molecule has 1 atom stereocenters. The predicted octanol–water partition coefficient (Wildman–Crippen LogP) is 4.16. The minimum Gasteiger partial charge on any atom is -0.486 e. The normalized spacial score (nSPS) is 16.8. The third-order valence-electron chi connectivity index (χ3n) is 6.53. The van der Waals surface area contributed by atoms with Gasteiger partial charge in [-0.3, -0.25) is 9.59 Å². The van der Waals surface area contributed by atoms with Crippen LogP contribution >= 0.6 is 0 Å². The number of fused-ring (bicyclic) bond motifs is 4. The molecule has 7 heteroatoms. The van der Waals surface area contributed by atoms with Crippen molar-refractivity contribution in [2.45, 2.75) is 33.1 Å². The van der Waals surface area contributed by atoms with Crippen molar-refractivity contribution < 1.29 is 19.1 Å². The van der Waals surface area contributed by atoms with Gasteiger partial charge in [0.2, 0.25) is 5.91 Å². The van der Waals surface area contributed by atoms with Crippen molar-refractivity contribution >= 4 is 28.4 Å². The highest BCUT2D eigenvalue weighted by Gasteiger charge is 2.25. The van der Waals surface area contributed by atoms with E-state index < -0.39 is 0 Å². The van der Waals surface area contributed by atoms with Crippen LogP contribution in [0.15, 0.2) is 36.4 Å². The van der Waals surface area contributed by atoms with Crippen molar-refractivity contribution in [1.29, 1.82) is 0 Å². The molecule has 172 valence electrons. The molecule has 2 aromatic carbocycles. The minimum atomic E-state index is -0.256. The van der Waals surface area contributed by atoms with Crippen LogP contribution in [0.4, 0.5) is 5.69 Å². The lowest BCUT2D eigenvalue weighted by atomic mass is 9.87. The van der Waals surface area contributed by atoms with E-state index in [0.29, 0.717) is 48.4 Å². The molecule has 7 nitrogen and oxygen atoms in total. The van der Waals surface area contributed by atoms with Crippen LogP contribution in [0.2, 0.25) is 0 Å². The number of aromatic amines is 1. The van der Waals surface area contributed by atoms with E-state index in [1.54, 1.807) is 23.1 Å². The zero-order valence-electron chi connectivity index (χ0n) is 19.1. The molecular formula is C26H29N3O4. The van der Waals surface area contributed by atoms with Crippen molar-refractivity contribution in [3.63, 3.8) is 0 Å². The average Bonchev–Trinajstić information content (AvgIpc) is 3.20. The fraction of sp³-hybridized carbons (Fsp3) is 0.385. The second-order valence-corrected chi connectivity index (χ2v) is 8.88. The number of anilines is 1. The number of carbonyl (C=O) groups excluding carboxylic acids is 2. The lowest BCUT2D eigenvalue weighted by Gasteiger charge is -2.22. The van der Waals surface area contributed by atoms with Crippen LogP contribution in [-0.4, -0.2) is 48.0 Å². The second-order valence-electron chi connectivity index (χ2n) is 8.88. The van der Waals surface area contributed by atoms with Crippen LogP contribution in [-0.2, 0) is 17.6 Å². The molecule has 2 N–H and O–H groups in total. The van der Waals surface area contributed by atoms with Crippen molar-refractivity contribution in [2.24, 2.45) is 5.92 Å². The van der Waals surface area contributed by atoms with E-state index in [2.05, 4.69) is 23.3 Å². The highest BCUT2D eigenvalue weighted by atomic mass is 16.6. The zero-order chi connectivity index (χ0) is 22.9. The van der Waals surface area contributed by atoms with Gasteiger partial charge in [0.15, 0.2) is 11.5 Å². The maximum absolute atomic E-state index is 13.4. The summed E-state index contributed by atoms with van der Waals surface area (Å²) < 4.78 is 11.1. The van der Waals surface area contributed by atoms with Gasteiger partial charge in [-0.2, -0.15) is 0 Å². The maximum Gasteiger partial charge on any atom is 0.256 e. The number of hydrogen-bond donors (Lipinski definition) is 2. The molecule has 2 amide bonds. The van der Waals surface area contributed by atoms with Crippen molar-refractivity contribution in [2.75, 3.05) is 31.6 Å². The summed E-state index contributed by atoms with van der Waals surface area (Å²) in [5.41, 5.74) is 4.68. The summed E-state index contributed by atoms with van der Waals surface area (Å²) in [5, 5.41) is 3.99. The first-order valence-electron chi connectivity index (χ1n) is 11.6. The first-order chi connectivity index (χ1) is 16.0. The van der Waals surface area contributed by atoms with Crippen LogP contribution in [0.25, 0.3) is 10.9 Å². The van der Waals surface area contributed by atoms with E-state index in [4.69, 9.17) is 9.47 Å². The number of aryl methyl sites for hydroxylation is 1. The number of hydrogen-bond acceptors (Lipinski definition) is 4. The smallest absolute Gasteiger partial charge is 0.256 e. The molecule has 0 bridgehead atoms. The van der Waals surface area contributed by atoms with Gasteiger partial charge in [-0.1, -0.05) is 19.1 Å². The van der Waals surface area contributed by atoms with Gasteiger partial charge < -0.3 is 24.7 Å². The molecule has 0 radical (unpaired) electrons. The van der Waals surface area contributed by atoms with Crippen molar-refractivity contribution in [3.8, 4) is 11.5 Å². The fourth-order valence-electron chi connectivity index (χ4n) is 4.79. The number of carbonyl (C=O) groups is 2. The Morgan fingerprint density at radius 1 is 1.15 bits per heavy atom. The molecular weight excluding hydrogens is 418 g/mol. The molecule has 2 heterocycles. The summed E-state index contributed by atoms with van der Waals surface area (Å²) in [5.74, 6) is 1.52. The predicted molar refractivity (Wildman–Crippen MR) is 127 cm³/mol. The number of likely N-dealkylation sites (N-methyl/N-ethyl adjacent to an activating group) is 1. The van der Waals surface area contributed by atoms with Gasteiger partial charge in [0.25, 0.3) is 5.91 Å². The number of para-hydroxylation sites is 1. The van der Waals surface area contributed by atoms with Gasteiger partial charge in [0.1, 0.15) is 19.8 Å². The highest BCUT2D eigenvalue weighted by molar-refractivity contribution is 6.08. The maximum atomic E-state index is 13.4. The Bertz CT molecular complexity index is 1220. The van der Waals surface area contributed by atoms with Crippen LogP contribution in [0.1, 0.15) is 41.9 Å². The van der Waals surface area contributed by atoms with Crippen LogP contribution in [0.5, 0.6) is 11.5 Å². The Morgan fingerprint density at radius 2 is 1.97 bits per heavy atom. The van der Waals surface area contributed by atoms with E-state index in [1.807, 2.05) is 19.1 Å². The molecule has 3 aromatic rings.